The summed E-state index contributed by atoms with van der Waals surface area (Å²) in [4.78, 5) is 17.6. The zero-order valence-corrected chi connectivity index (χ0v) is 15.5. The first-order valence-electron chi connectivity index (χ1n) is 9.49. The van der Waals surface area contributed by atoms with E-state index in [2.05, 4.69) is 22.2 Å². The van der Waals surface area contributed by atoms with Crippen LogP contribution in [-0.4, -0.2) is 62.1 Å². The Labute approximate surface area is 151 Å². The number of rotatable bonds is 5. The fourth-order valence-electron chi connectivity index (χ4n) is 4.09. The molecule has 0 unspecified atom stereocenters. The summed E-state index contributed by atoms with van der Waals surface area (Å²) in [6, 6.07) is 8.52. The van der Waals surface area contributed by atoms with Crippen LogP contribution in [0, 0.1) is 5.92 Å². The number of nitrogens with zero attached hydrogens (tertiary/aromatic N) is 2. The molecule has 2 aliphatic heterocycles. The molecule has 5 nitrogen and oxygen atoms in total. The van der Waals surface area contributed by atoms with Gasteiger partial charge in [-0.3, -0.25) is 9.69 Å². The Bertz CT molecular complexity index is 570. The van der Waals surface area contributed by atoms with Gasteiger partial charge in [0.25, 0.3) is 0 Å². The minimum Gasteiger partial charge on any atom is -0.496 e. The van der Waals surface area contributed by atoms with E-state index in [0.29, 0.717) is 12.6 Å². The van der Waals surface area contributed by atoms with Gasteiger partial charge in [0, 0.05) is 24.7 Å². The first-order chi connectivity index (χ1) is 12.2. The van der Waals surface area contributed by atoms with E-state index in [9.17, 15) is 4.79 Å². The number of benzene rings is 1. The van der Waals surface area contributed by atoms with Crippen LogP contribution in [-0.2, 0) is 11.3 Å². The molecule has 25 heavy (non-hydrogen) atoms. The summed E-state index contributed by atoms with van der Waals surface area (Å²) in [7, 11) is 3.86. The summed E-state index contributed by atoms with van der Waals surface area (Å²) in [5, 5.41) is 3.12. The van der Waals surface area contributed by atoms with E-state index < -0.39 is 0 Å². The second-order valence-corrected chi connectivity index (χ2v) is 7.40. The molecule has 1 amide bonds. The van der Waals surface area contributed by atoms with E-state index in [4.69, 9.17) is 4.74 Å². The Morgan fingerprint density at radius 3 is 2.72 bits per heavy atom. The highest BCUT2D eigenvalue weighted by Gasteiger charge is 2.31. The third kappa shape index (κ3) is 4.73. The van der Waals surface area contributed by atoms with Gasteiger partial charge in [-0.1, -0.05) is 18.2 Å². The Balaban J connectivity index is 1.51. The van der Waals surface area contributed by atoms with E-state index in [1.165, 1.54) is 25.9 Å². The quantitative estimate of drug-likeness (QED) is 0.888. The van der Waals surface area contributed by atoms with Crippen molar-refractivity contribution in [1.29, 1.82) is 0 Å². The van der Waals surface area contributed by atoms with Crippen molar-refractivity contribution in [3.63, 3.8) is 0 Å². The van der Waals surface area contributed by atoms with Crippen molar-refractivity contribution in [3.8, 4) is 5.75 Å². The first kappa shape index (κ1) is 18.2. The lowest BCUT2D eigenvalue weighted by Gasteiger charge is -2.41. The second-order valence-electron chi connectivity index (χ2n) is 7.40. The Kier molecular flexibility index (Phi) is 6.32. The summed E-state index contributed by atoms with van der Waals surface area (Å²) in [5.41, 5.74) is 1.03. The van der Waals surface area contributed by atoms with E-state index in [-0.39, 0.29) is 11.8 Å². The van der Waals surface area contributed by atoms with Gasteiger partial charge >= 0.3 is 0 Å². The molecule has 0 aliphatic carbocycles. The predicted octanol–water partition coefficient (Wildman–Crippen LogP) is 2.12. The van der Waals surface area contributed by atoms with Crippen molar-refractivity contribution in [2.24, 2.45) is 5.92 Å². The van der Waals surface area contributed by atoms with Gasteiger partial charge in [0.15, 0.2) is 0 Å². The lowest BCUT2D eigenvalue weighted by molar-refractivity contribution is -0.127. The van der Waals surface area contributed by atoms with Crippen LogP contribution in [0.5, 0.6) is 5.75 Å². The van der Waals surface area contributed by atoms with Crippen molar-refractivity contribution >= 4 is 5.91 Å². The molecule has 5 heteroatoms. The molecular weight excluding hydrogens is 314 g/mol. The fraction of sp³-hybridized carbons (Fsp3) is 0.650. The number of methoxy groups -OCH3 is 1. The molecule has 1 aromatic rings. The largest absolute Gasteiger partial charge is 0.496 e. The number of nitrogens with one attached hydrogen (secondary N) is 1. The molecule has 2 heterocycles. The molecule has 1 N–H and O–H groups in total. The molecule has 0 bridgehead atoms. The maximum Gasteiger partial charge on any atom is 0.224 e. The summed E-state index contributed by atoms with van der Waals surface area (Å²) in [6.07, 6.45) is 4.58. The number of amides is 1. The van der Waals surface area contributed by atoms with Crippen LogP contribution >= 0.6 is 0 Å². The van der Waals surface area contributed by atoms with Gasteiger partial charge in [0.05, 0.1) is 13.0 Å². The fourth-order valence-corrected chi connectivity index (χ4v) is 4.09. The molecule has 1 atom stereocenters. The van der Waals surface area contributed by atoms with Crippen molar-refractivity contribution in [3.05, 3.63) is 29.8 Å². The van der Waals surface area contributed by atoms with Gasteiger partial charge in [-0.05, 0) is 58.4 Å². The molecule has 0 saturated carbocycles. The number of carbonyl (C=O) groups excluding carboxylic acids is 1. The van der Waals surface area contributed by atoms with Gasteiger partial charge in [-0.15, -0.1) is 0 Å². The monoisotopic (exact) mass is 345 g/mol. The lowest BCUT2D eigenvalue weighted by Crippen LogP contribution is -2.50. The average molecular weight is 345 g/mol. The lowest BCUT2D eigenvalue weighted by atomic mass is 9.93. The number of hydrogen-bond acceptors (Lipinski definition) is 4. The number of piperidine rings is 2. The molecule has 2 fully saturated rings. The SMILES string of the molecule is COc1ccccc1CNC(=O)[C@@H]1CCCN(C2CCN(C)CC2)C1. The van der Waals surface area contributed by atoms with Gasteiger partial charge in [0.1, 0.15) is 5.75 Å². The number of ether oxygens (including phenoxy) is 1. The van der Waals surface area contributed by atoms with Crippen molar-refractivity contribution < 1.29 is 9.53 Å². The van der Waals surface area contributed by atoms with Crippen molar-refractivity contribution in [1.82, 2.24) is 15.1 Å². The molecule has 0 spiro atoms. The van der Waals surface area contributed by atoms with Crippen LogP contribution in [0.15, 0.2) is 24.3 Å². The molecule has 2 saturated heterocycles. The molecule has 0 aromatic heterocycles. The maximum atomic E-state index is 12.7. The van der Waals surface area contributed by atoms with Gasteiger partial charge in [-0.25, -0.2) is 0 Å². The molecule has 2 aliphatic rings. The van der Waals surface area contributed by atoms with E-state index >= 15 is 0 Å². The van der Waals surface area contributed by atoms with Gasteiger partial charge < -0.3 is 15.0 Å². The zero-order chi connectivity index (χ0) is 17.6. The Morgan fingerprint density at radius 2 is 1.96 bits per heavy atom. The third-order valence-corrected chi connectivity index (χ3v) is 5.67. The van der Waals surface area contributed by atoms with Gasteiger partial charge in [-0.2, -0.15) is 0 Å². The highest BCUT2D eigenvalue weighted by atomic mass is 16.5. The summed E-state index contributed by atoms with van der Waals surface area (Å²) in [6.45, 7) is 4.93. The van der Waals surface area contributed by atoms with E-state index in [1.807, 2.05) is 24.3 Å². The number of likely N-dealkylation sites (tertiary alicyclic amines) is 2. The second kappa shape index (κ2) is 8.68. The van der Waals surface area contributed by atoms with Crippen molar-refractivity contribution in [2.75, 3.05) is 40.3 Å². The van der Waals surface area contributed by atoms with Crippen LogP contribution in [0.25, 0.3) is 0 Å². The summed E-state index contributed by atoms with van der Waals surface area (Å²) >= 11 is 0. The van der Waals surface area contributed by atoms with Crippen LogP contribution < -0.4 is 10.1 Å². The molecule has 3 rings (SSSR count). The number of hydrogen-bond donors (Lipinski definition) is 1. The minimum absolute atomic E-state index is 0.114. The Morgan fingerprint density at radius 1 is 1.20 bits per heavy atom. The maximum absolute atomic E-state index is 12.7. The average Bonchev–Trinajstić information content (AvgIpc) is 2.67. The summed E-state index contributed by atoms with van der Waals surface area (Å²) in [5.74, 6) is 1.13. The minimum atomic E-state index is 0.114. The standard InChI is InChI=1S/C20H31N3O2/c1-22-12-9-18(10-13-22)23-11-5-7-17(15-23)20(24)21-14-16-6-3-4-8-19(16)25-2/h3-4,6,8,17-18H,5,7,9-15H2,1-2H3,(H,21,24)/t17-/m1/s1. The molecule has 1 aromatic carbocycles. The molecular formula is C20H31N3O2. The zero-order valence-electron chi connectivity index (χ0n) is 15.5. The topological polar surface area (TPSA) is 44.8 Å². The number of para-hydroxylation sites is 1. The Hall–Kier alpha value is -1.59. The highest BCUT2D eigenvalue weighted by molar-refractivity contribution is 5.79. The highest BCUT2D eigenvalue weighted by Crippen LogP contribution is 2.24. The predicted molar refractivity (Wildman–Crippen MR) is 99.7 cm³/mol. The van der Waals surface area contributed by atoms with Gasteiger partial charge in [0.2, 0.25) is 5.91 Å². The molecule has 138 valence electrons. The normalized spacial score (nSPS) is 23.4. The summed E-state index contributed by atoms with van der Waals surface area (Å²) < 4.78 is 5.36. The number of carbonyl (C=O) groups is 1. The molecule has 0 radical (unpaired) electrons. The van der Waals surface area contributed by atoms with Crippen molar-refractivity contribution in [2.45, 2.75) is 38.3 Å². The van der Waals surface area contributed by atoms with E-state index in [1.54, 1.807) is 7.11 Å². The van der Waals surface area contributed by atoms with Crippen LogP contribution in [0.2, 0.25) is 0 Å². The van der Waals surface area contributed by atoms with E-state index in [0.717, 1.165) is 37.2 Å². The van der Waals surface area contributed by atoms with Crippen LogP contribution in [0.1, 0.15) is 31.2 Å². The smallest absolute Gasteiger partial charge is 0.224 e. The third-order valence-electron chi connectivity index (χ3n) is 5.67. The van der Waals surface area contributed by atoms with Crippen LogP contribution in [0.3, 0.4) is 0 Å². The van der Waals surface area contributed by atoms with Crippen LogP contribution in [0.4, 0.5) is 0 Å². The first-order valence-corrected chi connectivity index (χ1v) is 9.49.